The Morgan fingerprint density at radius 2 is 2.05 bits per heavy atom. The number of ether oxygens (including phenoxy) is 1. The molecule has 19 heavy (non-hydrogen) atoms. The highest BCUT2D eigenvalue weighted by Gasteiger charge is 2.36. The number of hydrogen-bond donors (Lipinski definition) is 2. The lowest BCUT2D eigenvalue weighted by Crippen LogP contribution is -2.48. The normalized spacial score (nSPS) is 24.0. The van der Waals surface area contributed by atoms with E-state index in [0.29, 0.717) is 12.1 Å². The smallest absolute Gasteiger partial charge is 0.0547 e. The molecule has 2 N–H and O–H groups in total. The molecule has 0 aliphatic carbocycles. The van der Waals surface area contributed by atoms with E-state index in [9.17, 15) is 0 Å². The Morgan fingerprint density at radius 1 is 1.32 bits per heavy atom. The largest absolute Gasteiger partial charge is 0.396 e. The van der Waals surface area contributed by atoms with Crippen LogP contribution < -0.4 is 5.32 Å². The topological polar surface area (TPSA) is 44.7 Å². The van der Waals surface area contributed by atoms with Crippen molar-refractivity contribution in [2.45, 2.75) is 52.6 Å². The van der Waals surface area contributed by atoms with Gasteiger partial charge in [0.15, 0.2) is 0 Å². The van der Waals surface area contributed by atoms with Gasteiger partial charge in [-0.05, 0) is 26.7 Å². The lowest BCUT2D eigenvalue weighted by atomic mass is 9.85. The van der Waals surface area contributed by atoms with E-state index in [0.717, 1.165) is 45.7 Å². The van der Waals surface area contributed by atoms with Gasteiger partial charge in [-0.2, -0.15) is 0 Å². The van der Waals surface area contributed by atoms with Crippen LogP contribution in [0.3, 0.4) is 0 Å². The average molecular weight is 272 g/mol. The van der Waals surface area contributed by atoms with Crippen LogP contribution in [0.2, 0.25) is 0 Å². The van der Waals surface area contributed by atoms with E-state index in [1.54, 1.807) is 0 Å². The molecule has 0 aromatic carbocycles. The van der Waals surface area contributed by atoms with E-state index in [1.807, 2.05) is 0 Å². The van der Waals surface area contributed by atoms with Crippen LogP contribution in [0, 0.1) is 5.41 Å². The Labute approximate surface area is 118 Å². The fourth-order valence-corrected chi connectivity index (χ4v) is 2.61. The second kappa shape index (κ2) is 8.20. The summed E-state index contributed by atoms with van der Waals surface area (Å²) < 4.78 is 5.66. The summed E-state index contributed by atoms with van der Waals surface area (Å²) in [5, 5.41) is 12.6. The Bertz CT molecular complexity index is 238. The van der Waals surface area contributed by atoms with Gasteiger partial charge in [-0.1, -0.05) is 13.8 Å². The van der Waals surface area contributed by atoms with Gasteiger partial charge in [0.1, 0.15) is 0 Å². The Hall–Kier alpha value is -0.160. The molecule has 4 heteroatoms. The maximum Gasteiger partial charge on any atom is 0.0547 e. The van der Waals surface area contributed by atoms with Crippen LogP contribution in [0.25, 0.3) is 0 Å². The molecule has 1 atom stereocenters. The standard InChI is InChI=1S/C15H32N2O2/c1-13(2)16-10-15(6-9-19-12-15)11-17(14(3)4)7-5-8-18/h13-14,16,18H,5-12H2,1-4H3. The molecule has 1 aliphatic heterocycles. The van der Waals surface area contributed by atoms with Gasteiger partial charge in [-0.3, -0.25) is 0 Å². The van der Waals surface area contributed by atoms with Gasteiger partial charge >= 0.3 is 0 Å². The second-order valence-corrected chi connectivity index (χ2v) is 6.48. The molecule has 0 spiro atoms. The first-order chi connectivity index (χ1) is 8.99. The third-order valence-electron chi connectivity index (χ3n) is 3.94. The number of aliphatic hydroxyl groups is 1. The van der Waals surface area contributed by atoms with Crippen molar-refractivity contribution >= 4 is 0 Å². The lowest BCUT2D eigenvalue weighted by Gasteiger charge is -2.37. The van der Waals surface area contributed by atoms with Crippen molar-refractivity contribution in [3.63, 3.8) is 0 Å². The summed E-state index contributed by atoms with van der Waals surface area (Å²) in [6.07, 6.45) is 1.99. The summed E-state index contributed by atoms with van der Waals surface area (Å²) >= 11 is 0. The molecule has 1 heterocycles. The van der Waals surface area contributed by atoms with Gasteiger partial charge < -0.3 is 20.1 Å². The van der Waals surface area contributed by atoms with Crippen molar-refractivity contribution in [1.29, 1.82) is 0 Å². The summed E-state index contributed by atoms with van der Waals surface area (Å²) in [7, 11) is 0. The highest BCUT2D eigenvalue weighted by atomic mass is 16.5. The average Bonchev–Trinajstić information content (AvgIpc) is 2.81. The molecule has 0 amide bonds. The van der Waals surface area contributed by atoms with Crippen LogP contribution in [0.1, 0.15) is 40.5 Å². The molecule has 0 aromatic heterocycles. The lowest BCUT2D eigenvalue weighted by molar-refractivity contribution is 0.0869. The molecule has 0 bridgehead atoms. The summed E-state index contributed by atoms with van der Waals surface area (Å²) in [4.78, 5) is 2.48. The maximum absolute atomic E-state index is 9.03. The summed E-state index contributed by atoms with van der Waals surface area (Å²) in [5.41, 5.74) is 0.240. The summed E-state index contributed by atoms with van der Waals surface area (Å²) in [5.74, 6) is 0. The van der Waals surface area contributed by atoms with Crippen LogP contribution in [0.5, 0.6) is 0 Å². The highest BCUT2D eigenvalue weighted by Crippen LogP contribution is 2.30. The van der Waals surface area contributed by atoms with Gasteiger partial charge in [0.25, 0.3) is 0 Å². The van der Waals surface area contributed by atoms with Gasteiger partial charge in [-0.15, -0.1) is 0 Å². The second-order valence-electron chi connectivity index (χ2n) is 6.48. The molecule has 114 valence electrons. The van der Waals surface area contributed by atoms with Crippen LogP contribution in [0.15, 0.2) is 0 Å². The zero-order chi connectivity index (χ0) is 14.3. The van der Waals surface area contributed by atoms with Crippen LogP contribution in [-0.2, 0) is 4.74 Å². The van der Waals surface area contributed by atoms with E-state index >= 15 is 0 Å². The van der Waals surface area contributed by atoms with Gasteiger partial charge in [0.05, 0.1) is 6.61 Å². The third-order valence-corrected chi connectivity index (χ3v) is 3.94. The number of hydrogen-bond acceptors (Lipinski definition) is 4. The highest BCUT2D eigenvalue weighted by molar-refractivity contribution is 4.89. The van der Waals surface area contributed by atoms with Crippen molar-refractivity contribution < 1.29 is 9.84 Å². The minimum atomic E-state index is 0.240. The van der Waals surface area contributed by atoms with Gasteiger partial charge in [0, 0.05) is 50.3 Å². The third kappa shape index (κ3) is 5.78. The van der Waals surface area contributed by atoms with E-state index in [-0.39, 0.29) is 12.0 Å². The molecule has 1 rings (SSSR count). The summed E-state index contributed by atoms with van der Waals surface area (Å²) in [6, 6.07) is 1.03. The van der Waals surface area contributed by atoms with Gasteiger partial charge in [0.2, 0.25) is 0 Å². The van der Waals surface area contributed by atoms with Crippen LogP contribution in [0.4, 0.5) is 0 Å². The first-order valence-corrected chi connectivity index (χ1v) is 7.65. The summed E-state index contributed by atoms with van der Waals surface area (Å²) in [6.45, 7) is 13.9. The molecule has 0 aromatic rings. The monoisotopic (exact) mass is 272 g/mol. The molecule has 4 nitrogen and oxygen atoms in total. The SMILES string of the molecule is CC(C)NCC1(CN(CCCO)C(C)C)CCOC1. The molecule has 1 fully saturated rings. The minimum absolute atomic E-state index is 0.240. The molecule has 1 unspecified atom stereocenters. The van der Waals surface area contributed by atoms with Crippen molar-refractivity contribution in [2.24, 2.45) is 5.41 Å². The minimum Gasteiger partial charge on any atom is -0.396 e. The Kier molecular flexibility index (Phi) is 7.29. The molecule has 0 saturated carbocycles. The van der Waals surface area contributed by atoms with Crippen LogP contribution >= 0.6 is 0 Å². The van der Waals surface area contributed by atoms with E-state index < -0.39 is 0 Å². The van der Waals surface area contributed by atoms with Crippen molar-refractivity contribution in [1.82, 2.24) is 10.2 Å². The predicted molar refractivity (Wildman–Crippen MR) is 79.4 cm³/mol. The zero-order valence-corrected chi connectivity index (χ0v) is 13.1. The molecule has 0 radical (unpaired) electrons. The Balaban J connectivity index is 2.58. The predicted octanol–water partition coefficient (Wildman–Crippen LogP) is 1.48. The quantitative estimate of drug-likeness (QED) is 0.667. The number of nitrogens with zero attached hydrogens (tertiary/aromatic N) is 1. The van der Waals surface area contributed by atoms with E-state index in [2.05, 4.69) is 37.9 Å². The van der Waals surface area contributed by atoms with E-state index in [4.69, 9.17) is 9.84 Å². The fraction of sp³-hybridized carbons (Fsp3) is 1.00. The number of aliphatic hydroxyl groups excluding tert-OH is 1. The molecular weight excluding hydrogens is 240 g/mol. The van der Waals surface area contributed by atoms with E-state index in [1.165, 1.54) is 0 Å². The van der Waals surface area contributed by atoms with Crippen molar-refractivity contribution in [3.8, 4) is 0 Å². The first-order valence-electron chi connectivity index (χ1n) is 7.65. The molecule has 1 saturated heterocycles. The van der Waals surface area contributed by atoms with Gasteiger partial charge in [-0.25, -0.2) is 0 Å². The first kappa shape index (κ1) is 16.9. The van der Waals surface area contributed by atoms with Crippen LogP contribution in [-0.4, -0.2) is 61.5 Å². The fourth-order valence-electron chi connectivity index (χ4n) is 2.61. The number of nitrogens with one attached hydrogen (secondary N) is 1. The molecular formula is C15H32N2O2. The zero-order valence-electron chi connectivity index (χ0n) is 13.1. The van der Waals surface area contributed by atoms with Crippen molar-refractivity contribution in [2.75, 3.05) is 39.5 Å². The molecule has 1 aliphatic rings. The Morgan fingerprint density at radius 3 is 2.53 bits per heavy atom. The number of rotatable bonds is 9. The maximum atomic E-state index is 9.03. The van der Waals surface area contributed by atoms with Crippen molar-refractivity contribution in [3.05, 3.63) is 0 Å².